The molecule has 0 saturated carbocycles. The van der Waals surface area contributed by atoms with Crippen molar-refractivity contribution < 1.29 is 0 Å². The molecule has 2 aromatic carbocycles. The average molecular weight is 304 g/mol. The van der Waals surface area contributed by atoms with Gasteiger partial charge in [0.25, 0.3) is 0 Å². The second kappa shape index (κ2) is 5.68. The van der Waals surface area contributed by atoms with Gasteiger partial charge < -0.3 is 5.73 Å². The second-order valence-electron chi connectivity index (χ2n) is 4.88. The van der Waals surface area contributed by atoms with Crippen molar-refractivity contribution in [3.05, 3.63) is 70.2 Å². The van der Waals surface area contributed by atoms with Crippen molar-refractivity contribution in [2.75, 3.05) is 0 Å². The van der Waals surface area contributed by atoms with Gasteiger partial charge in [0.15, 0.2) is 0 Å². The van der Waals surface area contributed by atoms with Crippen LogP contribution in [0.4, 0.5) is 0 Å². The molecular formula is C16H18BrN. The lowest BCUT2D eigenvalue weighted by atomic mass is 9.87. The predicted octanol–water partition coefficient (Wildman–Crippen LogP) is 4.26. The summed E-state index contributed by atoms with van der Waals surface area (Å²) in [4.78, 5) is 0. The van der Waals surface area contributed by atoms with E-state index < -0.39 is 0 Å². The predicted molar refractivity (Wildman–Crippen MR) is 80.4 cm³/mol. The molecule has 2 aromatic rings. The van der Waals surface area contributed by atoms with E-state index in [1.807, 2.05) is 24.3 Å². The highest BCUT2D eigenvalue weighted by atomic mass is 79.9. The Labute approximate surface area is 117 Å². The molecule has 18 heavy (non-hydrogen) atoms. The number of nitrogens with two attached hydrogens (primary N) is 1. The summed E-state index contributed by atoms with van der Waals surface area (Å²) in [7, 11) is 0. The molecule has 0 aliphatic carbocycles. The molecule has 0 heterocycles. The highest BCUT2D eigenvalue weighted by molar-refractivity contribution is 9.10. The Morgan fingerprint density at radius 2 is 1.61 bits per heavy atom. The van der Waals surface area contributed by atoms with Gasteiger partial charge in [-0.15, -0.1) is 0 Å². The van der Waals surface area contributed by atoms with Crippen LogP contribution in [-0.2, 0) is 12.0 Å². The third kappa shape index (κ3) is 3.21. The van der Waals surface area contributed by atoms with Gasteiger partial charge in [-0.1, -0.05) is 64.5 Å². The molecule has 0 aliphatic heterocycles. The molecule has 1 atom stereocenters. The summed E-state index contributed by atoms with van der Waals surface area (Å²) in [5.74, 6) is 0. The Morgan fingerprint density at radius 3 is 2.28 bits per heavy atom. The van der Waals surface area contributed by atoms with E-state index in [1.54, 1.807) is 0 Å². The van der Waals surface area contributed by atoms with E-state index in [-0.39, 0.29) is 5.54 Å². The third-order valence-corrected chi connectivity index (χ3v) is 3.96. The van der Waals surface area contributed by atoms with E-state index in [0.717, 1.165) is 17.3 Å². The first-order chi connectivity index (χ1) is 8.59. The molecule has 1 nitrogen and oxygen atoms in total. The fourth-order valence-electron chi connectivity index (χ4n) is 2.11. The Morgan fingerprint density at radius 1 is 1.00 bits per heavy atom. The van der Waals surface area contributed by atoms with Crippen LogP contribution in [0.5, 0.6) is 0 Å². The topological polar surface area (TPSA) is 26.0 Å². The van der Waals surface area contributed by atoms with Crippen LogP contribution in [-0.4, -0.2) is 0 Å². The maximum atomic E-state index is 6.46. The number of halogens is 1. The highest BCUT2D eigenvalue weighted by Gasteiger charge is 2.22. The van der Waals surface area contributed by atoms with Gasteiger partial charge in [0.2, 0.25) is 0 Å². The lowest BCUT2D eigenvalue weighted by molar-refractivity contribution is 0.451. The highest BCUT2D eigenvalue weighted by Crippen LogP contribution is 2.29. The molecule has 0 spiro atoms. The van der Waals surface area contributed by atoms with Crippen LogP contribution in [0.3, 0.4) is 0 Å². The number of hydrogen-bond donors (Lipinski definition) is 1. The lowest BCUT2D eigenvalue weighted by Crippen LogP contribution is -2.33. The summed E-state index contributed by atoms with van der Waals surface area (Å²) in [5, 5.41) is 0. The fourth-order valence-corrected chi connectivity index (χ4v) is 2.85. The number of benzene rings is 2. The summed E-state index contributed by atoms with van der Waals surface area (Å²) in [5.41, 5.74) is 8.65. The molecule has 2 N–H and O–H groups in total. The van der Waals surface area contributed by atoms with Gasteiger partial charge in [0.05, 0.1) is 0 Å². The maximum absolute atomic E-state index is 6.46. The van der Waals surface area contributed by atoms with Crippen molar-refractivity contribution >= 4 is 15.9 Å². The smallest absolute Gasteiger partial charge is 0.0395 e. The van der Waals surface area contributed by atoms with E-state index in [4.69, 9.17) is 5.73 Å². The van der Waals surface area contributed by atoms with Crippen LogP contribution in [0.25, 0.3) is 0 Å². The van der Waals surface area contributed by atoms with Crippen molar-refractivity contribution in [1.82, 2.24) is 0 Å². The Bertz CT molecular complexity index is 506. The molecule has 0 saturated heterocycles. The summed E-state index contributed by atoms with van der Waals surface area (Å²) >= 11 is 3.58. The summed E-state index contributed by atoms with van der Waals surface area (Å²) < 4.78 is 1.09. The second-order valence-corrected chi connectivity index (χ2v) is 5.74. The summed E-state index contributed by atoms with van der Waals surface area (Å²) in [6, 6.07) is 18.7. The normalized spacial score (nSPS) is 14.2. The van der Waals surface area contributed by atoms with Crippen molar-refractivity contribution in [2.24, 2.45) is 5.73 Å². The van der Waals surface area contributed by atoms with Crippen LogP contribution >= 0.6 is 15.9 Å². The molecule has 2 heteroatoms. The zero-order chi connectivity index (χ0) is 13.0. The molecule has 0 aliphatic rings. The summed E-state index contributed by atoms with van der Waals surface area (Å²) in [6.45, 7) is 2.09. The SMILES string of the molecule is CC(N)(CCc1ccccc1)c1ccccc1Br. The minimum absolute atomic E-state index is 0.310. The first-order valence-corrected chi connectivity index (χ1v) is 6.97. The molecule has 0 aromatic heterocycles. The standard InChI is InChI=1S/C16H18BrN/c1-16(18,14-9-5-6-10-15(14)17)12-11-13-7-3-2-4-8-13/h2-10H,11-12,18H2,1H3. The fraction of sp³-hybridized carbons (Fsp3) is 0.250. The molecule has 1 unspecified atom stereocenters. The van der Waals surface area contributed by atoms with Crippen molar-refractivity contribution in [2.45, 2.75) is 25.3 Å². The van der Waals surface area contributed by atoms with Gasteiger partial charge in [-0.3, -0.25) is 0 Å². The van der Waals surface area contributed by atoms with Gasteiger partial charge >= 0.3 is 0 Å². The van der Waals surface area contributed by atoms with E-state index in [0.29, 0.717) is 0 Å². The van der Waals surface area contributed by atoms with Crippen LogP contribution < -0.4 is 5.73 Å². The van der Waals surface area contributed by atoms with Crippen molar-refractivity contribution in [3.8, 4) is 0 Å². The van der Waals surface area contributed by atoms with Gasteiger partial charge in [0, 0.05) is 10.0 Å². The minimum atomic E-state index is -0.310. The Balaban J connectivity index is 2.11. The van der Waals surface area contributed by atoms with Crippen molar-refractivity contribution in [1.29, 1.82) is 0 Å². The maximum Gasteiger partial charge on any atom is 0.0395 e. The number of hydrogen-bond acceptors (Lipinski definition) is 1. The third-order valence-electron chi connectivity index (χ3n) is 3.26. The average Bonchev–Trinajstić information content (AvgIpc) is 2.38. The molecule has 0 fully saturated rings. The molecule has 94 valence electrons. The van der Waals surface area contributed by atoms with Gasteiger partial charge in [0.1, 0.15) is 0 Å². The molecule has 0 bridgehead atoms. The molecular weight excluding hydrogens is 286 g/mol. The van der Waals surface area contributed by atoms with Crippen LogP contribution in [0, 0.1) is 0 Å². The number of rotatable bonds is 4. The number of aryl methyl sites for hydroxylation is 1. The van der Waals surface area contributed by atoms with Crippen LogP contribution in [0.15, 0.2) is 59.1 Å². The zero-order valence-corrected chi connectivity index (χ0v) is 12.2. The largest absolute Gasteiger partial charge is 0.322 e. The minimum Gasteiger partial charge on any atom is -0.322 e. The van der Waals surface area contributed by atoms with E-state index in [2.05, 4.69) is 53.2 Å². The van der Waals surface area contributed by atoms with E-state index in [1.165, 1.54) is 11.1 Å². The summed E-state index contributed by atoms with van der Waals surface area (Å²) in [6.07, 6.45) is 1.93. The quantitative estimate of drug-likeness (QED) is 0.897. The zero-order valence-electron chi connectivity index (χ0n) is 10.6. The van der Waals surface area contributed by atoms with E-state index >= 15 is 0 Å². The molecule has 0 amide bonds. The van der Waals surface area contributed by atoms with Crippen LogP contribution in [0.1, 0.15) is 24.5 Å². The van der Waals surface area contributed by atoms with Gasteiger partial charge in [-0.05, 0) is 37.0 Å². The van der Waals surface area contributed by atoms with Gasteiger partial charge in [-0.25, -0.2) is 0 Å². The lowest BCUT2D eigenvalue weighted by Gasteiger charge is -2.26. The first kappa shape index (κ1) is 13.3. The first-order valence-electron chi connectivity index (χ1n) is 6.17. The molecule has 0 radical (unpaired) electrons. The van der Waals surface area contributed by atoms with Crippen molar-refractivity contribution in [3.63, 3.8) is 0 Å². The molecule has 2 rings (SSSR count). The Hall–Kier alpha value is -1.12. The van der Waals surface area contributed by atoms with Gasteiger partial charge in [-0.2, -0.15) is 0 Å². The van der Waals surface area contributed by atoms with E-state index in [9.17, 15) is 0 Å². The monoisotopic (exact) mass is 303 g/mol. The van der Waals surface area contributed by atoms with Crippen LogP contribution in [0.2, 0.25) is 0 Å². The Kier molecular flexibility index (Phi) is 4.20.